The van der Waals surface area contributed by atoms with Crippen LogP contribution in [0, 0.1) is 0 Å². The fourth-order valence-corrected chi connectivity index (χ4v) is 4.27. The van der Waals surface area contributed by atoms with Crippen molar-refractivity contribution in [3.8, 4) is 5.75 Å². The van der Waals surface area contributed by atoms with E-state index in [9.17, 15) is 5.11 Å². The molecule has 0 saturated heterocycles. The van der Waals surface area contributed by atoms with Crippen molar-refractivity contribution >= 4 is 47.8 Å². The number of ether oxygens (including phenoxy) is 1. The third-order valence-electron chi connectivity index (χ3n) is 2.79. The van der Waals surface area contributed by atoms with Crippen LogP contribution >= 0.6 is 47.8 Å². The van der Waals surface area contributed by atoms with E-state index in [0.29, 0.717) is 13.0 Å². The largest absolute Gasteiger partial charge is 0.491 e. The van der Waals surface area contributed by atoms with Crippen molar-refractivity contribution in [3.63, 3.8) is 0 Å². The molecule has 2 aromatic carbocycles. The second-order valence-electron chi connectivity index (χ2n) is 4.26. The molecule has 0 aromatic heterocycles. The first-order chi connectivity index (χ1) is 9.58. The van der Waals surface area contributed by atoms with Crippen LogP contribution < -0.4 is 4.74 Å². The normalized spacial score (nSPS) is 12.2. The molecular weight excluding hydrogens is 452 g/mol. The summed E-state index contributed by atoms with van der Waals surface area (Å²) in [6.45, 7) is 0.439. The minimum absolute atomic E-state index is 0.439. The van der Waals surface area contributed by atoms with Gasteiger partial charge in [0.25, 0.3) is 0 Å². The lowest BCUT2D eigenvalue weighted by molar-refractivity contribution is 0.140. The summed E-state index contributed by atoms with van der Waals surface area (Å²) in [4.78, 5) is 0. The molecule has 2 nitrogen and oxygen atoms in total. The molecule has 0 spiro atoms. The van der Waals surface area contributed by atoms with E-state index in [1.165, 1.54) is 0 Å². The number of benzene rings is 2. The average Bonchev–Trinajstić information content (AvgIpc) is 2.42. The Balaban J connectivity index is 1.94. The predicted molar refractivity (Wildman–Crippen MR) is 91.1 cm³/mol. The van der Waals surface area contributed by atoms with Crippen molar-refractivity contribution < 1.29 is 9.84 Å². The van der Waals surface area contributed by atoms with Crippen LogP contribution in [0.3, 0.4) is 0 Å². The van der Waals surface area contributed by atoms with E-state index in [-0.39, 0.29) is 0 Å². The van der Waals surface area contributed by atoms with Crippen molar-refractivity contribution in [2.24, 2.45) is 0 Å². The van der Waals surface area contributed by atoms with Crippen molar-refractivity contribution in [3.05, 3.63) is 61.4 Å². The van der Waals surface area contributed by atoms with Gasteiger partial charge in [0.05, 0.1) is 21.7 Å². The van der Waals surface area contributed by atoms with E-state index in [1.807, 2.05) is 42.5 Å². The zero-order valence-electron chi connectivity index (χ0n) is 10.5. The van der Waals surface area contributed by atoms with Crippen molar-refractivity contribution in [1.29, 1.82) is 0 Å². The van der Waals surface area contributed by atoms with E-state index in [2.05, 4.69) is 47.8 Å². The smallest absolute Gasteiger partial charge is 0.147 e. The first-order valence-electron chi connectivity index (χ1n) is 6.08. The van der Waals surface area contributed by atoms with Gasteiger partial charge in [-0.15, -0.1) is 0 Å². The highest BCUT2D eigenvalue weighted by atomic mass is 79.9. The highest BCUT2D eigenvalue weighted by Crippen LogP contribution is 2.36. The fourth-order valence-electron chi connectivity index (χ4n) is 1.78. The molecule has 2 aromatic rings. The van der Waals surface area contributed by atoms with Gasteiger partial charge in [0.1, 0.15) is 5.75 Å². The van der Waals surface area contributed by atoms with E-state index in [1.54, 1.807) is 0 Å². The molecular formula is C15H13Br3O2. The maximum atomic E-state index is 10.1. The summed E-state index contributed by atoms with van der Waals surface area (Å²) < 4.78 is 8.44. The lowest BCUT2D eigenvalue weighted by Gasteiger charge is -2.14. The van der Waals surface area contributed by atoms with Gasteiger partial charge in [-0.25, -0.2) is 0 Å². The summed E-state index contributed by atoms with van der Waals surface area (Å²) in [7, 11) is 0. The van der Waals surface area contributed by atoms with E-state index >= 15 is 0 Å². The first kappa shape index (κ1) is 16.0. The summed E-state index contributed by atoms with van der Waals surface area (Å²) in [5.74, 6) is 0.744. The van der Waals surface area contributed by atoms with Gasteiger partial charge < -0.3 is 9.84 Å². The quantitative estimate of drug-likeness (QED) is 0.635. The van der Waals surface area contributed by atoms with Gasteiger partial charge in [0.15, 0.2) is 0 Å². The van der Waals surface area contributed by atoms with Crippen molar-refractivity contribution in [2.45, 2.75) is 12.5 Å². The highest BCUT2D eigenvalue weighted by molar-refractivity contribution is 9.11. The van der Waals surface area contributed by atoms with E-state index in [0.717, 1.165) is 24.7 Å². The Kier molecular flexibility index (Phi) is 6.08. The third-order valence-corrected chi connectivity index (χ3v) is 4.42. The Morgan fingerprint density at radius 1 is 1.00 bits per heavy atom. The predicted octanol–water partition coefficient (Wildman–Crippen LogP) is 5.48. The molecule has 0 aliphatic heterocycles. The van der Waals surface area contributed by atoms with Crippen LogP contribution in [-0.2, 0) is 0 Å². The second-order valence-corrected chi connectivity index (χ2v) is 6.89. The number of hydrogen-bond donors (Lipinski definition) is 1. The monoisotopic (exact) mass is 462 g/mol. The minimum Gasteiger partial charge on any atom is -0.491 e. The molecule has 0 saturated carbocycles. The van der Waals surface area contributed by atoms with E-state index < -0.39 is 6.10 Å². The Bertz CT molecular complexity index is 550. The SMILES string of the molecule is OC(CCOc1c(Br)cc(Br)cc1Br)c1ccccc1. The van der Waals surface area contributed by atoms with Gasteiger partial charge in [0.2, 0.25) is 0 Å². The number of halogens is 3. The van der Waals surface area contributed by atoms with Crippen LogP contribution in [0.1, 0.15) is 18.1 Å². The zero-order valence-corrected chi connectivity index (χ0v) is 15.3. The van der Waals surface area contributed by atoms with E-state index in [4.69, 9.17) is 4.74 Å². The van der Waals surface area contributed by atoms with Crippen molar-refractivity contribution in [2.75, 3.05) is 6.61 Å². The first-order valence-corrected chi connectivity index (χ1v) is 8.46. The van der Waals surface area contributed by atoms with Gasteiger partial charge >= 0.3 is 0 Å². The van der Waals surface area contributed by atoms with Gasteiger partial charge in [-0.3, -0.25) is 0 Å². The molecule has 106 valence electrons. The van der Waals surface area contributed by atoms with Crippen LogP contribution in [0.25, 0.3) is 0 Å². The summed E-state index contributed by atoms with van der Waals surface area (Å²) in [6.07, 6.45) is 0.0306. The molecule has 5 heteroatoms. The number of rotatable bonds is 5. The zero-order chi connectivity index (χ0) is 14.5. The summed E-state index contributed by atoms with van der Waals surface area (Å²) in [5, 5.41) is 10.1. The summed E-state index contributed by atoms with van der Waals surface area (Å²) in [5.41, 5.74) is 0.907. The van der Waals surface area contributed by atoms with Gasteiger partial charge in [0, 0.05) is 10.9 Å². The molecule has 0 radical (unpaired) electrons. The second kappa shape index (κ2) is 7.59. The van der Waals surface area contributed by atoms with Gasteiger partial charge in [-0.05, 0) is 49.6 Å². The third kappa shape index (κ3) is 4.32. The van der Waals surface area contributed by atoms with Crippen LogP contribution in [-0.4, -0.2) is 11.7 Å². The van der Waals surface area contributed by atoms with Crippen molar-refractivity contribution in [1.82, 2.24) is 0 Å². The molecule has 1 atom stereocenters. The van der Waals surface area contributed by atoms with Gasteiger partial charge in [-0.1, -0.05) is 46.3 Å². The number of aliphatic hydroxyl groups excluding tert-OH is 1. The Morgan fingerprint density at radius 2 is 1.60 bits per heavy atom. The molecule has 20 heavy (non-hydrogen) atoms. The molecule has 2 rings (SSSR count). The van der Waals surface area contributed by atoms with Crippen LogP contribution in [0.2, 0.25) is 0 Å². The standard InChI is InChI=1S/C15H13Br3O2/c16-11-8-12(17)15(13(18)9-11)20-7-6-14(19)10-4-2-1-3-5-10/h1-5,8-9,14,19H,6-7H2. The molecule has 0 aliphatic carbocycles. The minimum atomic E-state index is -0.510. The Labute approximate surface area is 143 Å². The summed E-state index contributed by atoms with van der Waals surface area (Å²) >= 11 is 10.3. The Morgan fingerprint density at radius 3 is 2.20 bits per heavy atom. The lowest BCUT2D eigenvalue weighted by atomic mass is 10.1. The molecule has 1 N–H and O–H groups in total. The van der Waals surface area contributed by atoms with Gasteiger partial charge in [-0.2, -0.15) is 0 Å². The Hall–Kier alpha value is -0.360. The molecule has 1 unspecified atom stereocenters. The lowest BCUT2D eigenvalue weighted by Crippen LogP contribution is -2.06. The highest BCUT2D eigenvalue weighted by Gasteiger charge is 2.11. The molecule has 0 fully saturated rings. The molecule has 0 amide bonds. The number of hydrogen-bond acceptors (Lipinski definition) is 2. The molecule has 0 bridgehead atoms. The van der Waals surface area contributed by atoms with Crippen LogP contribution in [0.4, 0.5) is 0 Å². The maximum Gasteiger partial charge on any atom is 0.147 e. The molecule has 0 heterocycles. The van der Waals surface area contributed by atoms with Crippen LogP contribution in [0.15, 0.2) is 55.9 Å². The fraction of sp³-hybridized carbons (Fsp3) is 0.200. The average molecular weight is 465 g/mol. The molecule has 0 aliphatic rings. The number of aliphatic hydroxyl groups is 1. The topological polar surface area (TPSA) is 29.5 Å². The summed E-state index contributed by atoms with van der Waals surface area (Å²) in [6, 6.07) is 13.4. The van der Waals surface area contributed by atoms with Crippen LogP contribution in [0.5, 0.6) is 5.75 Å². The maximum absolute atomic E-state index is 10.1.